The van der Waals surface area contributed by atoms with E-state index in [1.807, 2.05) is 18.2 Å². The number of rotatable bonds is 6. The predicted octanol–water partition coefficient (Wildman–Crippen LogP) is 4.81. The molecule has 0 bridgehead atoms. The molecule has 0 saturated heterocycles. The highest BCUT2D eigenvalue weighted by atomic mass is 16.5. The lowest BCUT2D eigenvalue weighted by Crippen LogP contribution is -2.18. The molecule has 0 radical (unpaired) electrons. The third kappa shape index (κ3) is 3.82. The largest absolute Gasteiger partial charge is 0.497 e. The predicted molar refractivity (Wildman–Crippen MR) is 92.4 cm³/mol. The molecule has 0 spiro atoms. The molecule has 0 aliphatic rings. The molecule has 1 heterocycles. The minimum atomic E-state index is 0.252. The van der Waals surface area contributed by atoms with Crippen molar-refractivity contribution in [2.24, 2.45) is 0 Å². The number of ether oxygens (including phenoxy) is 1. The van der Waals surface area contributed by atoms with Crippen LogP contribution >= 0.6 is 0 Å². The first-order valence-corrected chi connectivity index (χ1v) is 7.75. The second-order valence-electron chi connectivity index (χ2n) is 5.59. The van der Waals surface area contributed by atoms with Crippen molar-refractivity contribution in [2.75, 3.05) is 7.11 Å². The Kier molecular flexibility index (Phi) is 4.79. The molecule has 3 aromatic rings. The van der Waals surface area contributed by atoms with Crippen LogP contribution in [0.25, 0.3) is 11.1 Å². The summed E-state index contributed by atoms with van der Waals surface area (Å²) in [6.07, 6.45) is 3.47. The van der Waals surface area contributed by atoms with Crippen molar-refractivity contribution in [2.45, 2.75) is 19.5 Å². The van der Waals surface area contributed by atoms with E-state index in [0.29, 0.717) is 0 Å². The Balaban J connectivity index is 1.67. The van der Waals surface area contributed by atoms with Gasteiger partial charge < -0.3 is 14.5 Å². The van der Waals surface area contributed by atoms with Crippen molar-refractivity contribution < 1.29 is 9.15 Å². The molecule has 0 amide bonds. The molecule has 1 atom stereocenters. The lowest BCUT2D eigenvalue weighted by atomic mass is 10.0. The number of furan rings is 1. The van der Waals surface area contributed by atoms with E-state index in [4.69, 9.17) is 9.15 Å². The Hall–Kier alpha value is -2.52. The molecular formula is C20H21NO2. The number of methoxy groups -OCH3 is 1. The molecule has 3 heteroatoms. The van der Waals surface area contributed by atoms with Crippen LogP contribution in [0.1, 0.15) is 24.1 Å². The van der Waals surface area contributed by atoms with E-state index in [0.717, 1.165) is 17.9 Å². The summed E-state index contributed by atoms with van der Waals surface area (Å²) in [5, 5.41) is 3.56. The third-order valence-corrected chi connectivity index (χ3v) is 3.99. The first kappa shape index (κ1) is 15.4. The van der Waals surface area contributed by atoms with Gasteiger partial charge in [0.2, 0.25) is 0 Å². The molecule has 0 unspecified atom stereocenters. The first-order chi connectivity index (χ1) is 11.3. The summed E-state index contributed by atoms with van der Waals surface area (Å²) in [6, 6.07) is 18.9. The zero-order chi connectivity index (χ0) is 16.1. The van der Waals surface area contributed by atoms with E-state index in [9.17, 15) is 0 Å². The van der Waals surface area contributed by atoms with Gasteiger partial charge in [0, 0.05) is 18.2 Å². The van der Waals surface area contributed by atoms with Crippen LogP contribution in [0, 0.1) is 0 Å². The van der Waals surface area contributed by atoms with Gasteiger partial charge in [-0.1, -0.05) is 30.3 Å². The number of hydrogen-bond donors (Lipinski definition) is 1. The van der Waals surface area contributed by atoms with Gasteiger partial charge in [-0.3, -0.25) is 0 Å². The average molecular weight is 307 g/mol. The van der Waals surface area contributed by atoms with Crippen LogP contribution in [0.5, 0.6) is 5.75 Å². The van der Waals surface area contributed by atoms with Crippen LogP contribution in [-0.2, 0) is 6.54 Å². The molecule has 0 aliphatic carbocycles. The fraction of sp³-hybridized carbons (Fsp3) is 0.200. The standard InChI is InChI=1S/C20H21NO2/c1-15(17-6-4-8-20(12-17)22-2)21-13-16-5-3-7-18(11-16)19-9-10-23-14-19/h3-12,14-15,21H,13H2,1-2H3/t15-/m1/s1. The molecule has 23 heavy (non-hydrogen) atoms. The number of nitrogens with one attached hydrogen (secondary N) is 1. The van der Waals surface area contributed by atoms with Gasteiger partial charge in [0.15, 0.2) is 0 Å². The van der Waals surface area contributed by atoms with E-state index >= 15 is 0 Å². The SMILES string of the molecule is COc1cccc([C@@H](C)NCc2cccc(-c3ccoc3)c2)c1. The Morgan fingerprint density at radius 1 is 1.04 bits per heavy atom. The molecule has 118 valence electrons. The zero-order valence-electron chi connectivity index (χ0n) is 13.5. The molecule has 2 aromatic carbocycles. The van der Waals surface area contributed by atoms with Crippen LogP contribution in [0.3, 0.4) is 0 Å². The maximum atomic E-state index is 5.29. The van der Waals surface area contributed by atoms with Gasteiger partial charge in [0.25, 0.3) is 0 Å². The monoisotopic (exact) mass is 307 g/mol. The van der Waals surface area contributed by atoms with E-state index in [-0.39, 0.29) is 6.04 Å². The topological polar surface area (TPSA) is 34.4 Å². The summed E-state index contributed by atoms with van der Waals surface area (Å²) < 4.78 is 10.4. The number of hydrogen-bond acceptors (Lipinski definition) is 3. The highest BCUT2D eigenvalue weighted by molar-refractivity contribution is 5.62. The number of benzene rings is 2. The highest BCUT2D eigenvalue weighted by Crippen LogP contribution is 2.22. The molecular weight excluding hydrogens is 286 g/mol. The second kappa shape index (κ2) is 7.16. The van der Waals surface area contributed by atoms with Gasteiger partial charge in [0.05, 0.1) is 19.6 Å². The fourth-order valence-electron chi connectivity index (χ4n) is 2.59. The fourth-order valence-corrected chi connectivity index (χ4v) is 2.59. The smallest absolute Gasteiger partial charge is 0.119 e. The molecule has 0 aliphatic heterocycles. The average Bonchev–Trinajstić information content (AvgIpc) is 3.14. The zero-order valence-corrected chi connectivity index (χ0v) is 13.5. The van der Waals surface area contributed by atoms with Crippen LogP contribution < -0.4 is 10.1 Å². The van der Waals surface area contributed by atoms with Gasteiger partial charge in [-0.05, 0) is 47.9 Å². The van der Waals surface area contributed by atoms with Crippen molar-refractivity contribution >= 4 is 0 Å². The molecule has 0 fully saturated rings. The van der Waals surface area contributed by atoms with Crippen molar-refractivity contribution in [1.29, 1.82) is 0 Å². The first-order valence-electron chi connectivity index (χ1n) is 7.75. The van der Waals surface area contributed by atoms with Gasteiger partial charge in [-0.15, -0.1) is 0 Å². The van der Waals surface area contributed by atoms with E-state index in [1.165, 1.54) is 16.7 Å². The van der Waals surface area contributed by atoms with E-state index in [2.05, 4.69) is 48.6 Å². The Morgan fingerprint density at radius 3 is 2.70 bits per heavy atom. The van der Waals surface area contributed by atoms with Crippen LogP contribution in [0.2, 0.25) is 0 Å². The highest BCUT2D eigenvalue weighted by Gasteiger charge is 2.07. The molecule has 0 saturated carbocycles. The van der Waals surface area contributed by atoms with Crippen molar-refractivity contribution in [1.82, 2.24) is 5.32 Å². The van der Waals surface area contributed by atoms with Gasteiger partial charge >= 0.3 is 0 Å². The molecule has 1 N–H and O–H groups in total. The quantitative estimate of drug-likeness (QED) is 0.710. The maximum absolute atomic E-state index is 5.29. The van der Waals surface area contributed by atoms with Gasteiger partial charge in [-0.2, -0.15) is 0 Å². The van der Waals surface area contributed by atoms with Crippen molar-refractivity contribution in [3.8, 4) is 16.9 Å². The molecule has 1 aromatic heterocycles. The summed E-state index contributed by atoms with van der Waals surface area (Å²) in [7, 11) is 1.69. The van der Waals surface area contributed by atoms with Crippen LogP contribution in [-0.4, -0.2) is 7.11 Å². The maximum Gasteiger partial charge on any atom is 0.119 e. The summed E-state index contributed by atoms with van der Waals surface area (Å²) in [5.74, 6) is 0.887. The van der Waals surface area contributed by atoms with Crippen molar-refractivity contribution in [3.63, 3.8) is 0 Å². The van der Waals surface area contributed by atoms with E-state index < -0.39 is 0 Å². The normalized spacial score (nSPS) is 12.1. The van der Waals surface area contributed by atoms with Crippen molar-refractivity contribution in [3.05, 3.63) is 78.3 Å². The molecule has 3 rings (SSSR count). The third-order valence-electron chi connectivity index (χ3n) is 3.99. The summed E-state index contributed by atoms with van der Waals surface area (Å²) in [6.45, 7) is 2.97. The minimum absolute atomic E-state index is 0.252. The van der Waals surface area contributed by atoms with Crippen LogP contribution in [0.4, 0.5) is 0 Å². The Labute approximate surface area is 136 Å². The van der Waals surface area contributed by atoms with Gasteiger partial charge in [-0.25, -0.2) is 0 Å². The lowest BCUT2D eigenvalue weighted by Gasteiger charge is -2.15. The summed E-state index contributed by atoms with van der Waals surface area (Å²) in [5.41, 5.74) is 4.74. The second-order valence-corrected chi connectivity index (χ2v) is 5.59. The van der Waals surface area contributed by atoms with Gasteiger partial charge in [0.1, 0.15) is 5.75 Å². The lowest BCUT2D eigenvalue weighted by molar-refractivity contribution is 0.413. The van der Waals surface area contributed by atoms with E-state index in [1.54, 1.807) is 19.6 Å². The van der Waals surface area contributed by atoms with Crippen LogP contribution in [0.15, 0.2) is 71.5 Å². The summed E-state index contributed by atoms with van der Waals surface area (Å²) in [4.78, 5) is 0. The summed E-state index contributed by atoms with van der Waals surface area (Å²) >= 11 is 0. The molecule has 3 nitrogen and oxygen atoms in total. The Morgan fingerprint density at radius 2 is 1.91 bits per heavy atom. The Bertz CT molecular complexity index is 750. The minimum Gasteiger partial charge on any atom is -0.497 e.